The van der Waals surface area contributed by atoms with Crippen LogP contribution in [-0.2, 0) is 9.54 Å². The number of aliphatic hydroxyl groups excluding tert-OH is 1. The van der Waals surface area contributed by atoms with Gasteiger partial charge >= 0.3 is 0 Å². The molecule has 0 aromatic heterocycles. The summed E-state index contributed by atoms with van der Waals surface area (Å²) in [5.41, 5.74) is 3.43. The highest BCUT2D eigenvalue weighted by Gasteiger charge is 2.47. The lowest BCUT2D eigenvalue weighted by Gasteiger charge is -2.44. The van der Waals surface area contributed by atoms with Crippen LogP contribution in [0.15, 0.2) is 91.0 Å². The molecule has 2 atom stereocenters. The summed E-state index contributed by atoms with van der Waals surface area (Å²) in [7, 11) is 0. The van der Waals surface area contributed by atoms with Gasteiger partial charge in [0.25, 0.3) is 0 Å². The Morgan fingerprint density at radius 2 is 1.19 bits per heavy atom. The first-order valence-electron chi connectivity index (χ1n) is 9.01. The van der Waals surface area contributed by atoms with Gasteiger partial charge < -0.3 is 10.4 Å². The SMILES string of the molecule is O=C1NC(SC(c2ccccc2)(c2ccccc2)c2ccccc2)C1CO. The Morgan fingerprint density at radius 1 is 0.778 bits per heavy atom. The maximum absolute atomic E-state index is 11.9. The number of carbonyl (C=O) groups excluding carboxylic acids is 1. The van der Waals surface area contributed by atoms with Gasteiger partial charge in [-0.3, -0.25) is 4.79 Å². The molecule has 1 saturated heterocycles. The van der Waals surface area contributed by atoms with Crippen LogP contribution in [0.3, 0.4) is 0 Å². The molecule has 1 fully saturated rings. The highest BCUT2D eigenvalue weighted by atomic mass is 32.2. The Balaban J connectivity index is 1.91. The predicted octanol–water partition coefficient (Wildman–Crippen LogP) is 3.78. The molecule has 4 rings (SSSR count). The number of carbonyl (C=O) groups is 1. The molecule has 0 bridgehead atoms. The van der Waals surface area contributed by atoms with Gasteiger partial charge in [-0.2, -0.15) is 0 Å². The Morgan fingerprint density at radius 3 is 1.52 bits per heavy atom. The van der Waals surface area contributed by atoms with Gasteiger partial charge in [0.1, 0.15) is 0 Å². The van der Waals surface area contributed by atoms with E-state index in [1.54, 1.807) is 11.8 Å². The number of benzene rings is 3. The molecule has 27 heavy (non-hydrogen) atoms. The monoisotopic (exact) mass is 375 g/mol. The van der Waals surface area contributed by atoms with E-state index in [1.165, 1.54) is 0 Å². The zero-order valence-corrected chi connectivity index (χ0v) is 15.6. The molecule has 1 aliphatic heterocycles. The molecule has 1 aliphatic rings. The van der Waals surface area contributed by atoms with Crippen LogP contribution in [0.25, 0.3) is 0 Å². The predicted molar refractivity (Wildman–Crippen MR) is 109 cm³/mol. The van der Waals surface area contributed by atoms with Crippen molar-refractivity contribution in [1.29, 1.82) is 0 Å². The van der Waals surface area contributed by atoms with Crippen LogP contribution < -0.4 is 5.32 Å². The van der Waals surface area contributed by atoms with Crippen LogP contribution in [0.4, 0.5) is 0 Å². The van der Waals surface area contributed by atoms with Gasteiger partial charge in [0.05, 0.1) is 22.6 Å². The van der Waals surface area contributed by atoms with Crippen LogP contribution in [0, 0.1) is 5.92 Å². The molecule has 3 aromatic carbocycles. The Kier molecular flexibility index (Phi) is 5.01. The van der Waals surface area contributed by atoms with Crippen molar-refractivity contribution in [1.82, 2.24) is 5.32 Å². The first-order chi connectivity index (χ1) is 13.3. The van der Waals surface area contributed by atoms with E-state index in [2.05, 4.69) is 41.7 Å². The third kappa shape index (κ3) is 3.15. The molecule has 3 aromatic rings. The average Bonchev–Trinajstić information content (AvgIpc) is 2.73. The van der Waals surface area contributed by atoms with Crippen LogP contribution >= 0.6 is 11.8 Å². The Labute approximate surface area is 163 Å². The van der Waals surface area contributed by atoms with Crippen molar-refractivity contribution in [2.24, 2.45) is 5.92 Å². The van der Waals surface area contributed by atoms with Crippen LogP contribution in [0.2, 0.25) is 0 Å². The fourth-order valence-electron chi connectivity index (χ4n) is 3.59. The normalized spacial score (nSPS) is 19.2. The van der Waals surface area contributed by atoms with E-state index < -0.39 is 4.75 Å². The Bertz CT molecular complexity index is 803. The van der Waals surface area contributed by atoms with E-state index in [4.69, 9.17) is 0 Å². The van der Waals surface area contributed by atoms with E-state index in [9.17, 15) is 9.90 Å². The third-order valence-electron chi connectivity index (χ3n) is 5.03. The molecule has 2 unspecified atom stereocenters. The summed E-state index contributed by atoms with van der Waals surface area (Å²) in [6, 6.07) is 31.0. The number of amides is 1. The minimum atomic E-state index is -0.491. The third-order valence-corrected chi connectivity index (χ3v) is 6.79. The van der Waals surface area contributed by atoms with Gasteiger partial charge in [-0.05, 0) is 16.7 Å². The maximum Gasteiger partial charge on any atom is 0.229 e. The zero-order valence-electron chi connectivity index (χ0n) is 14.8. The minimum Gasteiger partial charge on any atom is -0.395 e. The van der Waals surface area contributed by atoms with Gasteiger partial charge in [-0.1, -0.05) is 91.0 Å². The van der Waals surface area contributed by atoms with Gasteiger partial charge in [0.15, 0.2) is 0 Å². The molecule has 136 valence electrons. The van der Waals surface area contributed by atoms with Crippen molar-refractivity contribution in [2.45, 2.75) is 10.1 Å². The van der Waals surface area contributed by atoms with E-state index >= 15 is 0 Å². The molecule has 0 spiro atoms. The zero-order chi connectivity index (χ0) is 18.7. The summed E-state index contributed by atoms with van der Waals surface area (Å²) in [4.78, 5) is 11.9. The van der Waals surface area contributed by atoms with Gasteiger partial charge in [0.2, 0.25) is 5.91 Å². The van der Waals surface area contributed by atoms with Crippen molar-refractivity contribution < 1.29 is 9.90 Å². The second kappa shape index (κ2) is 7.59. The van der Waals surface area contributed by atoms with Crippen molar-refractivity contribution in [3.63, 3.8) is 0 Å². The minimum absolute atomic E-state index is 0.0851. The standard InChI is InChI=1S/C23H21NO2S/c25-16-20-21(26)24-22(20)27-23(17-10-4-1-5-11-17,18-12-6-2-7-13-18)19-14-8-3-9-15-19/h1-15,20,22,25H,16H2,(H,24,26). The molecular formula is C23H21NO2S. The van der Waals surface area contributed by atoms with Crippen LogP contribution in [0.5, 0.6) is 0 Å². The summed E-state index contributed by atoms with van der Waals surface area (Å²) in [5, 5.41) is 12.5. The number of rotatable bonds is 6. The number of hydrogen-bond donors (Lipinski definition) is 2. The summed E-state index contributed by atoms with van der Waals surface area (Å²) in [6.07, 6.45) is 0. The summed E-state index contributed by atoms with van der Waals surface area (Å²) < 4.78 is -0.491. The van der Waals surface area contributed by atoms with E-state index in [-0.39, 0.29) is 23.8 Å². The molecule has 3 nitrogen and oxygen atoms in total. The average molecular weight is 375 g/mol. The smallest absolute Gasteiger partial charge is 0.229 e. The van der Waals surface area contributed by atoms with E-state index in [0.717, 1.165) is 16.7 Å². The summed E-state index contributed by atoms with van der Waals surface area (Å²) in [6.45, 7) is -0.141. The molecule has 0 radical (unpaired) electrons. The number of aliphatic hydroxyl groups is 1. The van der Waals surface area contributed by atoms with Crippen LogP contribution in [0.1, 0.15) is 16.7 Å². The Hall–Kier alpha value is -2.56. The summed E-state index contributed by atoms with van der Waals surface area (Å²) in [5.74, 6) is -0.469. The van der Waals surface area contributed by atoms with E-state index in [0.29, 0.717) is 0 Å². The molecule has 2 N–H and O–H groups in total. The van der Waals surface area contributed by atoms with Crippen molar-refractivity contribution in [3.8, 4) is 0 Å². The number of nitrogens with one attached hydrogen (secondary N) is 1. The molecule has 0 aliphatic carbocycles. The second-order valence-corrected chi connectivity index (χ2v) is 7.97. The highest BCUT2D eigenvalue weighted by Crippen LogP contribution is 2.51. The first kappa shape index (κ1) is 17.8. The molecule has 0 saturated carbocycles. The topological polar surface area (TPSA) is 49.3 Å². The second-order valence-electron chi connectivity index (χ2n) is 6.62. The highest BCUT2D eigenvalue weighted by molar-refractivity contribution is 8.01. The van der Waals surface area contributed by atoms with Gasteiger partial charge in [0, 0.05) is 0 Å². The van der Waals surface area contributed by atoms with Gasteiger partial charge in [-0.15, -0.1) is 11.8 Å². The maximum atomic E-state index is 11.9. The molecule has 1 heterocycles. The van der Waals surface area contributed by atoms with Gasteiger partial charge in [-0.25, -0.2) is 0 Å². The number of hydrogen-bond acceptors (Lipinski definition) is 3. The molecular weight excluding hydrogens is 354 g/mol. The lowest BCUT2D eigenvalue weighted by atomic mass is 9.84. The fourth-order valence-corrected chi connectivity index (χ4v) is 5.34. The van der Waals surface area contributed by atoms with Crippen LogP contribution in [-0.4, -0.2) is 23.0 Å². The largest absolute Gasteiger partial charge is 0.395 e. The first-order valence-corrected chi connectivity index (χ1v) is 9.89. The van der Waals surface area contributed by atoms with Crippen molar-refractivity contribution in [3.05, 3.63) is 108 Å². The number of thioether (sulfide) groups is 1. The van der Waals surface area contributed by atoms with Crippen molar-refractivity contribution in [2.75, 3.05) is 6.61 Å². The lowest BCUT2D eigenvalue weighted by molar-refractivity contribution is -0.133. The molecule has 1 amide bonds. The quantitative estimate of drug-likeness (QED) is 0.509. The fraction of sp³-hybridized carbons (Fsp3) is 0.174. The molecule has 4 heteroatoms. The lowest BCUT2D eigenvalue weighted by Crippen LogP contribution is -2.59. The summed E-state index contributed by atoms with van der Waals surface area (Å²) >= 11 is 1.68. The number of β-lactam (4-membered cyclic amide) rings is 1. The van der Waals surface area contributed by atoms with Crippen molar-refractivity contribution >= 4 is 17.7 Å². The van der Waals surface area contributed by atoms with E-state index in [1.807, 2.05) is 54.6 Å².